The highest BCUT2D eigenvalue weighted by molar-refractivity contribution is 6.00. The third-order valence-electron chi connectivity index (χ3n) is 3.70. The minimum absolute atomic E-state index is 0.138. The van der Waals surface area contributed by atoms with Crippen molar-refractivity contribution in [3.8, 4) is 0 Å². The summed E-state index contributed by atoms with van der Waals surface area (Å²) >= 11 is 0. The molecule has 0 saturated heterocycles. The molecule has 0 aliphatic rings. The topological polar surface area (TPSA) is 17.1 Å². The molecule has 0 aromatic heterocycles. The van der Waals surface area contributed by atoms with Crippen molar-refractivity contribution in [2.75, 3.05) is 0 Å². The van der Waals surface area contributed by atoms with Crippen LogP contribution in [0.15, 0.2) is 30.3 Å². The second-order valence-electron chi connectivity index (χ2n) is 5.91. The maximum absolute atomic E-state index is 11.7. The summed E-state index contributed by atoms with van der Waals surface area (Å²) in [5, 5.41) is 2.45. The molecule has 0 aliphatic heterocycles. The van der Waals surface area contributed by atoms with Crippen LogP contribution in [0.2, 0.25) is 0 Å². The fourth-order valence-electron chi connectivity index (χ4n) is 2.46. The Morgan fingerprint density at radius 1 is 0.947 bits per heavy atom. The molecule has 0 heterocycles. The van der Waals surface area contributed by atoms with E-state index in [1.165, 1.54) is 21.9 Å². The monoisotopic (exact) mass is 254 g/mol. The number of carbonyl (C=O) groups excluding carboxylic acids is 1. The normalized spacial score (nSPS) is 11.5. The first kappa shape index (κ1) is 13.8. The first-order valence-corrected chi connectivity index (χ1v) is 6.98. The molecule has 0 unspecified atom stereocenters. The van der Waals surface area contributed by atoms with Gasteiger partial charge in [0, 0.05) is 5.56 Å². The molecule has 0 bridgehead atoms. The van der Waals surface area contributed by atoms with Gasteiger partial charge in [0.05, 0.1) is 0 Å². The Bertz CT molecular complexity index is 621. The molecule has 0 spiro atoms. The maximum Gasteiger partial charge on any atom is 0.159 e. The van der Waals surface area contributed by atoms with Gasteiger partial charge in [0.2, 0.25) is 0 Å². The lowest BCUT2D eigenvalue weighted by Gasteiger charge is -2.14. The lowest BCUT2D eigenvalue weighted by atomic mass is 9.90. The van der Waals surface area contributed by atoms with Crippen LogP contribution < -0.4 is 0 Å². The van der Waals surface area contributed by atoms with Crippen LogP contribution in [0.5, 0.6) is 0 Å². The summed E-state index contributed by atoms with van der Waals surface area (Å²) < 4.78 is 0. The van der Waals surface area contributed by atoms with E-state index in [0.717, 1.165) is 5.56 Å². The molecule has 1 heteroatoms. The number of fused-ring (bicyclic) bond motifs is 1. The van der Waals surface area contributed by atoms with Gasteiger partial charge in [-0.25, -0.2) is 0 Å². The van der Waals surface area contributed by atoms with Gasteiger partial charge in [0.1, 0.15) is 0 Å². The van der Waals surface area contributed by atoms with E-state index < -0.39 is 0 Å². The van der Waals surface area contributed by atoms with Crippen molar-refractivity contribution in [1.29, 1.82) is 0 Å². The quantitative estimate of drug-likeness (QED) is 0.680. The van der Waals surface area contributed by atoms with Crippen LogP contribution in [0.4, 0.5) is 0 Å². The van der Waals surface area contributed by atoms with Crippen molar-refractivity contribution in [3.05, 3.63) is 47.0 Å². The zero-order valence-electron chi connectivity index (χ0n) is 12.4. The fourth-order valence-corrected chi connectivity index (χ4v) is 2.46. The second kappa shape index (κ2) is 5.16. The molecule has 2 aromatic rings. The summed E-state index contributed by atoms with van der Waals surface area (Å²) in [5.41, 5.74) is 3.40. The van der Waals surface area contributed by atoms with Gasteiger partial charge in [0.25, 0.3) is 0 Å². The molecule has 1 nitrogen and oxygen atoms in total. The Kier molecular flexibility index (Phi) is 3.75. The molecular weight excluding hydrogens is 232 g/mol. The minimum atomic E-state index is 0.138. The Labute approximate surface area is 115 Å². The lowest BCUT2D eigenvalue weighted by Crippen LogP contribution is -1.98. The Balaban J connectivity index is 2.75. The van der Waals surface area contributed by atoms with E-state index in [1.807, 2.05) is 12.1 Å². The lowest BCUT2D eigenvalue weighted by molar-refractivity contribution is 0.101. The first-order valence-electron chi connectivity index (χ1n) is 6.98. The largest absolute Gasteiger partial charge is 0.295 e. The van der Waals surface area contributed by atoms with Gasteiger partial charge in [-0.05, 0) is 52.8 Å². The van der Waals surface area contributed by atoms with Crippen molar-refractivity contribution in [3.63, 3.8) is 0 Å². The number of rotatable bonds is 3. The molecule has 2 rings (SSSR count). The highest BCUT2D eigenvalue weighted by Gasteiger charge is 2.11. The zero-order chi connectivity index (χ0) is 14.2. The summed E-state index contributed by atoms with van der Waals surface area (Å²) in [6.07, 6.45) is 0. The van der Waals surface area contributed by atoms with Gasteiger partial charge in [-0.1, -0.05) is 45.9 Å². The summed E-state index contributed by atoms with van der Waals surface area (Å²) in [5.74, 6) is 1.07. The van der Waals surface area contributed by atoms with E-state index in [2.05, 4.69) is 45.9 Å². The third-order valence-corrected chi connectivity index (χ3v) is 3.70. The number of ketones is 1. The van der Waals surface area contributed by atoms with E-state index in [9.17, 15) is 4.79 Å². The zero-order valence-corrected chi connectivity index (χ0v) is 12.4. The number of carbonyl (C=O) groups is 1. The molecule has 2 aromatic carbocycles. The van der Waals surface area contributed by atoms with E-state index in [-0.39, 0.29) is 5.78 Å². The molecule has 0 aliphatic carbocycles. The summed E-state index contributed by atoms with van der Waals surface area (Å²) in [6, 6.07) is 10.7. The van der Waals surface area contributed by atoms with Gasteiger partial charge >= 0.3 is 0 Å². The summed E-state index contributed by atoms with van der Waals surface area (Å²) in [7, 11) is 0. The van der Waals surface area contributed by atoms with Crippen LogP contribution in [-0.2, 0) is 0 Å². The van der Waals surface area contributed by atoms with Gasteiger partial charge in [-0.3, -0.25) is 4.79 Å². The van der Waals surface area contributed by atoms with Crippen LogP contribution in [-0.4, -0.2) is 5.78 Å². The summed E-state index contributed by atoms with van der Waals surface area (Å²) in [4.78, 5) is 11.7. The Morgan fingerprint density at radius 3 is 2.16 bits per heavy atom. The van der Waals surface area contributed by atoms with Gasteiger partial charge in [-0.2, -0.15) is 0 Å². The average molecular weight is 254 g/mol. The third kappa shape index (κ3) is 2.70. The maximum atomic E-state index is 11.7. The van der Waals surface area contributed by atoms with Crippen molar-refractivity contribution in [2.45, 2.75) is 46.5 Å². The standard InChI is InChI=1S/C18H22O/c1-11(2)14-6-7-17-16(8-14)9-15(13(5)19)10-18(17)12(3)4/h6-12H,1-5H3. The summed E-state index contributed by atoms with van der Waals surface area (Å²) in [6.45, 7) is 10.4. The van der Waals surface area contributed by atoms with E-state index >= 15 is 0 Å². The Hall–Kier alpha value is -1.63. The second-order valence-corrected chi connectivity index (χ2v) is 5.91. The predicted molar refractivity (Wildman–Crippen MR) is 82.1 cm³/mol. The molecule has 0 saturated carbocycles. The molecule has 19 heavy (non-hydrogen) atoms. The SMILES string of the molecule is CC(=O)c1cc(C(C)C)c2ccc(C(C)C)cc2c1. The fraction of sp³-hybridized carbons (Fsp3) is 0.389. The van der Waals surface area contributed by atoms with E-state index in [4.69, 9.17) is 0 Å². The van der Waals surface area contributed by atoms with Crippen LogP contribution >= 0.6 is 0 Å². The van der Waals surface area contributed by atoms with Crippen LogP contribution in [0, 0.1) is 0 Å². The number of benzene rings is 2. The number of hydrogen-bond donors (Lipinski definition) is 0. The highest BCUT2D eigenvalue weighted by atomic mass is 16.1. The predicted octanol–water partition coefficient (Wildman–Crippen LogP) is 5.29. The average Bonchev–Trinajstić information content (AvgIpc) is 2.36. The molecule has 100 valence electrons. The minimum Gasteiger partial charge on any atom is -0.295 e. The van der Waals surface area contributed by atoms with Crippen molar-refractivity contribution in [1.82, 2.24) is 0 Å². The van der Waals surface area contributed by atoms with Crippen molar-refractivity contribution < 1.29 is 4.79 Å². The number of hydrogen-bond acceptors (Lipinski definition) is 1. The van der Waals surface area contributed by atoms with Crippen LogP contribution in [0.25, 0.3) is 10.8 Å². The van der Waals surface area contributed by atoms with Crippen LogP contribution in [0.3, 0.4) is 0 Å². The van der Waals surface area contributed by atoms with E-state index in [1.54, 1.807) is 6.92 Å². The molecule has 0 fully saturated rings. The Morgan fingerprint density at radius 2 is 1.63 bits per heavy atom. The first-order chi connectivity index (χ1) is 8.90. The van der Waals surface area contributed by atoms with Crippen molar-refractivity contribution >= 4 is 16.6 Å². The highest BCUT2D eigenvalue weighted by Crippen LogP contribution is 2.30. The molecule has 0 atom stereocenters. The molecule has 0 radical (unpaired) electrons. The van der Waals surface area contributed by atoms with Gasteiger partial charge in [-0.15, -0.1) is 0 Å². The van der Waals surface area contributed by atoms with Gasteiger partial charge < -0.3 is 0 Å². The van der Waals surface area contributed by atoms with Crippen molar-refractivity contribution in [2.24, 2.45) is 0 Å². The smallest absolute Gasteiger partial charge is 0.159 e. The van der Waals surface area contributed by atoms with Crippen LogP contribution in [0.1, 0.15) is 67.9 Å². The molecule has 0 amide bonds. The molecular formula is C18H22O. The number of Topliss-reactive ketones (excluding diaryl/α,β-unsaturated/α-hetero) is 1. The van der Waals surface area contributed by atoms with E-state index in [0.29, 0.717) is 11.8 Å². The molecule has 0 N–H and O–H groups in total. The van der Waals surface area contributed by atoms with Gasteiger partial charge in [0.15, 0.2) is 5.78 Å².